The predicted molar refractivity (Wildman–Crippen MR) is 85.1 cm³/mol. The summed E-state index contributed by atoms with van der Waals surface area (Å²) in [6.07, 6.45) is 5.36. The van der Waals surface area contributed by atoms with Gasteiger partial charge < -0.3 is 10.1 Å². The van der Waals surface area contributed by atoms with Crippen molar-refractivity contribution in [2.45, 2.75) is 57.6 Å². The topological polar surface area (TPSA) is 21.3 Å². The molecular formula is C18H28FNO. The Bertz CT molecular complexity index is 466. The van der Waals surface area contributed by atoms with Crippen molar-refractivity contribution >= 4 is 0 Å². The molecule has 1 aliphatic rings. The van der Waals surface area contributed by atoms with Gasteiger partial charge in [-0.15, -0.1) is 0 Å². The number of methoxy groups -OCH3 is 1. The first kappa shape index (κ1) is 16.4. The van der Waals surface area contributed by atoms with Crippen LogP contribution < -0.4 is 5.32 Å². The van der Waals surface area contributed by atoms with Crippen LogP contribution in [0.2, 0.25) is 0 Å². The fourth-order valence-electron chi connectivity index (χ4n) is 3.58. The molecule has 2 rings (SSSR count). The molecule has 0 spiro atoms. The maximum atomic E-state index is 13.5. The number of likely N-dealkylation sites (N-methyl/N-ethyl adjacent to an activating group) is 1. The van der Waals surface area contributed by atoms with Gasteiger partial charge in [-0.2, -0.15) is 0 Å². The normalized spacial score (nSPS) is 27.6. The molecule has 0 saturated heterocycles. The average molecular weight is 293 g/mol. The lowest BCUT2D eigenvalue weighted by molar-refractivity contribution is -0.0730. The van der Waals surface area contributed by atoms with Gasteiger partial charge in [0.15, 0.2) is 0 Å². The van der Waals surface area contributed by atoms with E-state index in [1.165, 1.54) is 18.9 Å². The molecular weight excluding hydrogens is 265 g/mol. The molecule has 0 bridgehead atoms. The zero-order valence-corrected chi connectivity index (χ0v) is 13.7. The number of aryl methyl sites for hydroxylation is 1. The first-order valence-electron chi connectivity index (χ1n) is 7.98. The van der Waals surface area contributed by atoms with Crippen LogP contribution in [0.5, 0.6) is 0 Å². The van der Waals surface area contributed by atoms with Gasteiger partial charge in [0, 0.05) is 13.2 Å². The molecule has 0 aliphatic heterocycles. The monoisotopic (exact) mass is 293 g/mol. The Labute approximate surface area is 128 Å². The lowest BCUT2D eigenvalue weighted by Crippen LogP contribution is -2.54. The van der Waals surface area contributed by atoms with Gasteiger partial charge in [0.2, 0.25) is 0 Å². The van der Waals surface area contributed by atoms with E-state index in [4.69, 9.17) is 4.74 Å². The SMILES string of the molecule is CNC(Cc1cc(F)ccc1C)C1(OC)CCC(C)CC1. The molecule has 3 heteroatoms. The Balaban J connectivity index is 2.19. The molecule has 1 fully saturated rings. The number of halogens is 1. The highest BCUT2D eigenvalue weighted by Crippen LogP contribution is 2.38. The molecule has 118 valence electrons. The number of nitrogens with one attached hydrogen (secondary N) is 1. The van der Waals surface area contributed by atoms with Gasteiger partial charge in [-0.1, -0.05) is 13.0 Å². The fourth-order valence-corrected chi connectivity index (χ4v) is 3.58. The summed E-state index contributed by atoms with van der Waals surface area (Å²) >= 11 is 0. The first-order valence-corrected chi connectivity index (χ1v) is 7.98. The molecule has 1 aromatic rings. The summed E-state index contributed by atoms with van der Waals surface area (Å²) in [5.41, 5.74) is 2.09. The van der Waals surface area contributed by atoms with Crippen molar-refractivity contribution in [3.8, 4) is 0 Å². The summed E-state index contributed by atoms with van der Waals surface area (Å²) in [7, 11) is 3.80. The van der Waals surface area contributed by atoms with Crippen molar-refractivity contribution in [1.29, 1.82) is 0 Å². The second kappa shape index (κ2) is 6.89. The van der Waals surface area contributed by atoms with Gasteiger partial charge in [-0.25, -0.2) is 4.39 Å². The molecule has 1 unspecified atom stereocenters. The van der Waals surface area contributed by atoms with E-state index < -0.39 is 0 Å². The lowest BCUT2D eigenvalue weighted by Gasteiger charge is -2.44. The van der Waals surface area contributed by atoms with E-state index in [2.05, 4.69) is 12.2 Å². The Kier molecular flexibility index (Phi) is 5.39. The third kappa shape index (κ3) is 3.64. The largest absolute Gasteiger partial charge is 0.377 e. The van der Waals surface area contributed by atoms with E-state index >= 15 is 0 Å². The molecule has 0 heterocycles. The van der Waals surface area contributed by atoms with Crippen molar-refractivity contribution < 1.29 is 9.13 Å². The zero-order chi connectivity index (χ0) is 15.5. The minimum absolute atomic E-state index is 0.125. The van der Waals surface area contributed by atoms with E-state index in [-0.39, 0.29) is 17.5 Å². The van der Waals surface area contributed by atoms with Crippen LogP contribution in [0.15, 0.2) is 18.2 Å². The summed E-state index contributed by atoms with van der Waals surface area (Å²) in [6.45, 7) is 4.36. The van der Waals surface area contributed by atoms with Crippen LogP contribution in [0.3, 0.4) is 0 Å². The fraction of sp³-hybridized carbons (Fsp3) is 0.667. The first-order chi connectivity index (χ1) is 10.0. The van der Waals surface area contributed by atoms with E-state index in [0.29, 0.717) is 0 Å². The zero-order valence-electron chi connectivity index (χ0n) is 13.7. The van der Waals surface area contributed by atoms with E-state index in [1.807, 2.05) is 27.1 Å². The predicted octanol–water partition coefficient (Wildman–Crippen LogP) is 3.86. The summed E-state index contributed by atoms with van der Waals surface area (Å²) in [5, 5.41) is 3.43. The molecule has 1 atom stereocenters. The van der Waals surface area contributed by atoms with Gasteiger partial charge in [-0.05, 0) is 75.3 Å². The van der Waals surface area contributed by atoms with Crippen LogP contribution in [0, 0.1) is 18.7 Å². The standard InChI is InChI=1S/C18H28FNO/c1-13-7-9-18(21-4,10-8-13)17(20-3)12-15-11-16(19)6-5-14(15)2/h5-6,11,13,17,20H,7-10,12H2,1-4H3. The van der Waals surface area contributed by atoms with Crippen molar-refractivity contribution in [3.63, 3.8) is 0 Å². The highest BCUT2D eigenvalue weighted by molar-refractivity contribution is 5.28. The van der Waals surface area contributed by atoms with E-state index in [0.717, 1.165) is 36.3 Å². The Morgan fingerprint density at radius 2 is 2.05 bits per heavy atom. The summed E-state index contributed by atoms with van der Waals surface area (Å²) in [4.78, 5) is 0. The smallest absolute Gasteiger partial charge is 0.123 e. The number of ether oxygens (including phenoxy) is 1. The Morgan fingerprint density at radius 3 is 2.62 bits per heavy atom. The van der Waals surface area contributed by atoms with Crippen molar-refractivity contribution in [2.24, 2.45) is 5.92 Å². The molecule has 21 heavy (non-hydrogen) atoms. The van der Waals surface area contributed by atoms with Crippen LogP contribution in [-0.4, -0.2) is 25.8 Å². The van der Waals surface area contributed by atoms with Crippen LogP contribution >= 0.6 is 0 Å². The highest BCUT2D eigenvalue weighted by atomic mass is 19.1. The number of hydrogen-bond acceptors (Lipinski definition) is 2. The average Bonchev–Trinajstić information content (AvgIpc) is 2.49. The molecule has 1 N–H and O–H groups in total. The molecule has 1 aliphatic carbocycles. The molecule has 2 nitrogen and oxygen atoms in total. The van der Waals surface area contributed by atoms with Crippen LogP contribution in [0.4, 0.5) is 4.39 Å². The molecule has 0 aromatic heterocycles. The van der Waals surface area contributed by atoms with Gasteiger partial charge in [0.05, 0.1) is 5.60 Å². The maximum Gasteiger partial charge on any atom is 0.123 e. The minimum atomic E-state index is -0.158. The van der Waals surface area contributed by atoms with Crippen LogP contribution in [-0.2, 0) is 11.2 Å². The van der Waals surface area contributed by atoms with Crippen molar-refractivity contribution in [3.05, 3.63) is 35.1 Å². The van der Waals surface area contributed by atoms with Gasteiger partial charge in [0.1, 0.15) is 5.82 Å². The Hall–Kier alpha value is -0.930. The second-order valence-corrected chi connectivity index (χ2v) is 6.57. The van der Waals surface area contributed by atoms with E-state index in [9.17, 15) is 4.39 Å². The Morgan fingerprint density at radius 1 is 1.38 bits per heavy atom. The molecule has 0 radical (unpaired) electrons. The van der Waals surface area contributed by atoms with Gasteiger partial charge in [0.25, 0.3) is 0 Å². The van der Waals surface area contributed by atoms with Gasteiger partial charge >= 0.3 is 0 Å². The number of hydrogen-bond donors (Lipinski definition) is 1. The second-order valence-electron chi connectivity index (χ2n) is 6.57. The van der Waals surface area contributed by atoms with Crippen LogP contribution in [0.1, 0.15) is 43.7 Å². The van der Waals surface area contributed by atoms with E-state index in [1.54, 1.807) is 6.07 Å². The third-order valence-electron chi connectivity index (χ3n) is 5.25. The minimum Gasteiger partial charge on any atom is -0.377 e. The third-order valence-corrected chi connectivity index (χ3v) is 5.25. The van der Waals surface area contributed by atoms with Crippen molar-refractivity contribution in [2.75, 3.05) is 14.2 Å². The summed E-state index contributed by atoms with van der Waals surface area (Å²) < 4.78 is 19.5. The lowest BCUT2D eigenvalue weighted by atomic mass is 9.73. The molecule has 0 amide bonds. The van der Waals surface area contributed by atoms with Crippen molar-refractivity contribution in [1.82, 2.24) is 5.32 Å². The quantitative estimate of drug-likeness (QED) is 0.890. The number of rotatable bonds is 5. The maximum absolute atomic E-state index is 13.5. The van der Waals surface area contributed by atoms with Crippen LogP contribution in [0.25, 0.3) is 0 Å². The highest BCUT2D eigenvalue weighted by Gasteiger charge is 2.40. The molecule has 1 aromatic carbocycles. The summed E-state index contributed by atoms with van der Waals surface area (Å²) in [6, 6.07) is 5.27. The van der Waals surface area contributed by atoms with Gasteiger partial charge in [-0.3, -0.25) is 0 Å². The number of benzene rings is 1. The molecule has 1 saturated carbocycles. The summed E-state index contributed by atoms with van der Waals surface area (Å²) in [5.74, 6) is 0.621.